The van der Waals surface area contributed by atoms with Crippen LogP contribution in [0.5, 0.6) is 0 Å². The van der Waals surface area contributed by atoms with E-state index in [4.69, 9.17) is 0 Å². The minimum atomic E-state index is -0.121. The van der Waals surface area contributed by atoms with E-state index >= 15 is 0 Å². The monoisotopic (exact) mass is 319 g/mol. The lowest BCUT2D eigenvalue weighted by molar-refractivity contribution is 0.218. The fourth-order valence-electron chi connectivity index (χ4n) is 2.35. The highest BCUT2D eigenvalue weighted by molar-refractivity contribution is 7.98. The summed E-state index contributed by atoms with van der Waals surface area (Å²) in [6.07, 6.45) is 6.18. The number of hydrogen-bond donors (Lipinski definition) is 0. The molecule has 1 aliphatic rings. The average molecular weight is 319 g/mol. The molecule has 6 heteroatoms. The smallest absolute Gasteiger partial charge is 0.323 e. The first-order valence-electron chi connectivity index (χ1n) is 6.92. The summed E-state index contributed by atoms with van der Waals surface area (Å²) in [6, 6.07) is 8.15. The van der Waals surface area contributed by atoms with Gasteiger partial charge >= 0.3 is 6.03 Å². The van der Waals surface area contributed by atoms with Gasteiger partial charge in [-0.1, -0.05) is 0 Å². The van der Waals surface area contributed by atoms with Gasteiger partial charge in [-0.25, -0.2) is 4.79 Å². The normalized spacial score (nSPS) is 15.7. The van der Waals surface area contributed by atoms with Crippen molar-refractivity contribution in [2.24, 2.45) is 4.99 Å². The molecule has 2 amide bonds. The van der Waals surface area contributed by atoms with Gasteiger partial charge in [-0.2, -0.15) is 4.99 Å². The van der Waals surface area contributed by atoms with E-state index in [2.05, 4.69) is 35.5 Å². The van der Waals surface area contributed by atoms with Gasteiger partial charge in [0.15, 0.2) is 4.80 Å². The number of urea groups is 1. The first kappa shape index (κ1) is 14.4. The van der Waals surface area contributed by atoms with E-state index in [1.165, 1.54) is 16.2 Å². The van der Waals surface area contributed by atoms with Crippen LogP contribution in [0.1, 0.15) is 12.8 Å². The van der Waals surface area contributed by atoms with Gasteiger partial charge in [-0.3, -0.25) is 4.57 Å². The summed E-state index contributed by atoms with van der Waals surface area (Å²) in [5, 5.41) is 1.96. The van der Waals surface area contributed by atoms with Crippen molar-refractivity contribution in [1.82, 2.24) is 9.47 Å². The highest BCUT2D eigenvalue weighted by Crippen LogP contribution is 2.16. The number of likely N-dealkylation sites (tertiary alicyclic amines) is 1. The highest BCUT2D eigenvalue weighted by Gasteiger charge is 2.17. The standard InChI is InChI=1S/C15H17N3OS2/c1-20-13-6-4-12(5-7-13)18-10-11-21-15(18)16-14(19)17-8-2-3-9-17/h4-7,10-11H,2-3,8-9H2,1H3. The molecule has 0 bridgehead atoms. The maximum Gasteiger partial charge on any atom is 0.346 e. The molecule has 1 aromatic carbocycles. The van der Waals surface area contributed by atoms with Gasteiger partial charge in [-0.05, 0) is 43.4 Å². The van der Waals surface area contributed by atoms with E-state index in [0.717, 1.165) is 36.4 Å². The number of benzene rings is 1. The van der Waals surface area contributed by atoms with Crippen LogP contribution < -0.4 is 4.80 Å². The van der Waals surface area contributed by atoms with Gasteiger partial charge in [-0.15, -0.1) is 23.1 Å². The third kappa shape index (κ3) is 3.22. The molecular formula is C15H17N3OS2. The maximum absolute atomic E-state index is 12.1. The minimum absolute atomic E-state index is 0.121. The number of carbonyl (C=O) groups excluding carboxylic acids is 1. The number of thioether (sulfide) groups is 1. The summed E-state index contributed by atoms with van der Waals surface area (Å²) in [4.78, 5) is 20.2. The Morgan fingerprint density at radius 3 is 2.62 bits per heavy atom. The molecule has 1 aromatic heterocycles. The van der Waals surface area contributed by atoms with Crippen molar-refractivity contribution in [3.63, 3.8) is 0 Å². The zero-order valence-electron chi connectivity index (χ0n) is 11.9. The third-order valence-electron chi connectivity index (χ3n) is 3.51. The molecular weight excluding hydrogens is 302 g/mol. The molecule has 0 spiro atoms. The van der Waals surface area contributed by atoms with E-state index in [1.54, 1.807) is 11.8 Å². The van der Waals surface area contributed by atoms with Gasteiger partial charge in [0.25, 0.3) is 0 Å². The number of thiazole rings is 1. The summed E-state index contributed by atoms with van der Waals surface area (Å²) in [5.74, 6) is 0. The lowest BCUT2D eigenvalue weighted by atomic mass is 10.3. The summed E-state index contributed by atoms with van der Waals surface area (Å²) in [6.45, 7) is 1.66. The molecule has 21 heavy (non-hydrogen) atoms. The quantitative estimate of drug-likeness (QED) is 0.796. The van der Waals surface area contributed by atoms with Crippen molar-refractivity contribution in [2.75, 3.05) is 19.3 Å². The fourth-order valence-corrected chi connectivity index (χ4v) is 3.48. The highest BCUT2D eigenvalue weighted by atomic mass is 32.2. The van der Waals surface area contributed by atoms with Crippen LogP contribution in [0.4, 0.5) is 4.79 Å². The second-order valence-electron chi connectivity index (χ2n) is 4.84. The lowest BCUT2D eigenvalue weighted by Gasteiger charge is -2.10. The summed E-state index contributed by atoms with van der Waals surface area (Å²) in [5.41, 5.74) is 1.03. The molecule has 1 saturated heterocycles. The Kier molecular flexibility index (Phi) is 4.45. The fraction of sp³-hybridized carbons (Fsp3) is 0.333. The molecule has 3 rings (SSSR count). The van der Waals surface area contributed by atoms with Crippen molar-refractivity contribution >= 4 is 29.1 Å². The van der Waals surface area contributed by atoms with Crippen molar-refractivity contribution in [1.29, 1.82) is 0 Å². The van der Waals surface area contributed by atoms with Crippen LogP contribution >= 0.6 is 23.1 Å². The second-order valence-corrected chi connectivity index (χ2v) is 6.59. The zero-order chi connectivity index (χ0) is 14.7. The molecule has 110 valence electrons. The Labute approximate surface area is 132 Å². The Morgan fingerprint density at radius 1 is 1.24 bits per heavy atom. The number of aromatic nitrogens is 1. The van der Waals surface area contributed by atoms with Crippen LogP contribution in [-0.2, 0) is 0 Å². The molecule has 0 aliphatic carbocycles. The van der Waals surface area contributed by atoms with E-state index in [1.807, 2.05) is 21.0 Å². The molecule has 0 saturated carbocycles. The van der Waals surface area contributed by atoms with E-state index in [-0.39, 0.29) is 6.03 Å². The summed E-state index contributed by atoms with van der Waals surface area (Å²) >= 11 is 3.20. The predicted octanol–water partition coefficient (Wildman–Crippen LogP) is 3.38. The molecule has 1 aliphatic heterocycles. The van der Waals surface area contributed by atoms with Crippen molar-refractivity contribution in [3.8, 4) is 5.69 Å². The van der Waals surface area contributed by atoms with Crippen LogP contribution in [0.25, 0.3) is 5.69 Å². The molecule has 2 aromatic rings. The lowest BCUT2D eigenvalue weighted by Crippen LogP contribution is -2.27. The van der Waals surface area contributed by atoms with Gasteiger partial charge in [0, 0.05) is 35.2 Å². The molecule has 0 radical (unpaired) electrons. The molecule has 0 unspecified atom stereocenters. The SMILES string of the molecule is CSc1ccc(-n2ccsc2=NC(=O)N2CCCC2)cc1. The Morgan fingerprint density at radius 2 is 1.95 bits per heavy atom. The van der Waals surface area contributed by atoms with Crippen LogP contribution in [0, 0.1) is 0 Å². The van der Waals surface area contributed by atoms with E-state index < -0.39 is 0 Å². The Hall–Kier alpha value is -1.53. The first-order chi connectivity index (χ1) is 10.3. The molecule has 4 nitrogen and oxygen atoms in total. The number of amides is 2. The van der Waals surface area contributed by atoms with Gasteiger partial charge in [0.2, 0.25) is 0 Å². The Bertz CT molecular complexity index is 681. The number of hydrogen-bond acceptors (Lipinski definition) is 3. The average Bonchev–Trinajstić information content (AvgIpc) is 3.19. The van der Waals surface area contributed by atoms with Crippen molar-refractivity contribution < 1.29 is 4.79 Å². The van der Waals surface area contributed by atoms with E-state index in [9.17, 15) is 4.79 Å². The Balaban J connectivity index is 1.90. The van der Waals surface area contributed by atoms with Crippen LogP contribution in [-0.4, -0.2) is 34.8 Å². The van der Waals surface area contributed by atoms with Crippen molar-refractivity contribution in [3.05, 3.63) is 40.6 Å². The van der Waals surface area contributed by atoms with Gasteiger partial charge in [0.05, 0.1) is 0 Å². The number of rotatable bonds is 2. The molecule has 0 atom stereocenters. The molecule has 1 fully saturated rings. The topological polar surface area (TPSA) is 37.6 Å². The maximum atomic E-state index is 12.1. The zero-order valence-corrected chi connectivity index (χ0v) is 13.5. The number of nitrogens with zero attached hydrogens (tertiary/aromatic N) is 3. The van der Waals surface area contributed by atoms with E-state index in [0.29, 0.717) is 0 Å². The minimum Gasteiger partial charge on any atom is -0.323 e. The largest absolute Gasteiger partial charge is 0.346 e. The second kappa shape index (κ2) is 6.49. The van der Waals surface area contributed by atoms with Gasteiger partial charge < -0.3 is 4.90 Å². The predicted molar refractivity (Wildman–Crippen MR) is 87.2 cm³/mol. The van der Waals surface area contributed by atoms with Crippen LogP contribution in [0.3, 0.4) is 0 Å². The van der Waals surface area contributed by atoms with Crippen LogP contribution in [0.2, 0.25) is 0 Å². The van der Waals surface area contributed by atoms with Crippen LogP contribution in [0.15, 0.2) is 45.7 Å². The third-order valence-corrected chi connectivity index (χ3v) is 5.01. The number of carbonyl (C=O) groups is 1. The van der Waals surface area contributed by atoms with Crippen molar-refractivity contribution in [2.45, 2.75) is 17.7 Å². The first-order valence-corrected chi connectivity index (χ1v) is 9.02. The van der Waals surface area contributed by atoms with Gasteiger partial charge in [0.1, 0.15) is 0 Å². The summed E-state index contributed by atoms with van der Waals surface area (Å²) < 4.78 is 1.96. The summed E-state index contributed by atoms with van der Waals surface area (Å²) in [7, 11) is 0. The molecule has 0 N–H and O–H groups in total. The molecule has 2 heterocycles.